The minimum absolute atomic E-state index is 0.117. The van der Waals surface area contributed by atoms with Gasteiger partial charge in [-0.15, -0.1) is 0 Å². The van der Waals surface area contributed by atoms with Crippen molar-refractivity contribution in [3.8, 4) is 0 Å². The summed E-state index contributed by atoms with van der Waals surface area (Å²) in [5.41, 5.74) is 5.31. The van der Waals surface area contributed by atoms with Gasteiger partial charge in [0.2, 0.25) is 5.91 Å². The molecule has 1 aliphatic rings. The fraction of sp³-hybridized carbons (Fsp3) is 0.867. The number of nitrogens with zero attached hydrogens (tertiary/aromatic N) is 1. The molecule has 1 saturated heterocycles. The quantitative estimate of drug-likeness (QED) is 0.820. The molecule has 0 aromatic heterocycles. The van der Waals surface area contributed by atoms with Crippen molar-refractivity contribution in [1.82, 2.24) is 10.2 Å². The molecule has 3 N–H and O–H groups in total. The Morgan fingerprint density at radius 1 is 1.38 bits per heavy atom. The lowest BCUT2D eigenvalue weighted by molar-refractivity contribution is -0.123. The third-order valence-electron chi connectivity index (χ3n) is 3.52. The molecule has 0 unspecified atom stereocenters. The molecule has 6 nitrogen and oxygen atoms in total. The second-order valence-electron chi connectivity index (χ2n) is 7.10. The van der Waals surface area contributed by atoms with E-state index in [-0.39, 0.29) is 23.8 Å². The van der Waals surface area contributed by atoms with E-state index in [1.807, 2.05) is 34.6 Å². The van der Waals surface area contributed by atoms with Gasteiger partial charge in [0.05, 0.1) is 6.04 Å². The van der Waals surface area contributed by atoms with Crippen LogP contribution in [0.3, 0.4) is 0 Å². The largest absolute Gasteiger partial charge is 0.444 e. The zero-order valence-corrected chi connectivity index (χ0v) is 13.8. The van der Waals surface area contributed by atoms with E-state index in [9.17, 15) is 9.59 Å². The van der Waals surface area contributed by atoms with Crippen LogP contribution in [0.5, 0.6) is 0 Å². The average Bonchev–Trinajstić information content (AvgIpc) is 2.81. The van der Waals surface area contributed by atoms with Gasteiger partial charge in [-0.25, -0.2) is 4.79 Å². The van der Waals surface area contributed by atoms with E-state index in [1.54, 1.807) is 4.90 Å². The van der Waals surface area contributed by atoms with Crippen LogP contribution in [-0.4, -0.2) is 48.2 Å². The van der Waals surface area contributed by atoms with Gasteiger partial charge in [-0.1, -0.05) is 13.8 Å². The third kappa shape index (κ3) is 5.91. The van der Waals surface area contributed by atoms with Crippen molar-refractivity contribution in [2.24, 2.45) is 17.6 Å². The highest BCUT2D eigenvalue weighted by molar-refractivity contribution is 5.81. The maximum atomic E-state index is 11.9. The normalized spacial score (nSPS) is 20.5. The Bertz CT molecular complexity index is 377. The fourth-order valence-corrected chi connectivity index (χ4v) is 2.16. The molecular weight excluding hydrogens is 270 g/mol. The molecule has 0 aliphatic carbocycles. The molecule has 0 aromatic carbocycles. The molecule has 0 radical (unpaired) electrons. The van der Waals surface area contributed by atoms with Crippen LogP contribution in [0.15, 0.2) is 0 Å². The van der Waals surface area contributed by atoms with Crippen LogP contribution in [0.25, 0.3) is 0 Å². The zero-order valence-electron chi connectivity index (χ0n) is 13.8. The summed E-state index contributed by atoms with van der Waals surface area (Å²) in [6.07, 6.45) is 0.589. The Hall–Kier alpha value is -1.30. The van der Waals surface area contributed by atoms with E-state index in [0.717, 1.165) is 6.42 Å². The summed E-state index contributed by atoms with van der Waals surface area (Å²) in [6.45, 7) is 11.2. The van der Waals surface area contributed by atoms with Crippen LogP contribution in [0.4, 0.5) is 4.79 Å². The number of likely N-dealkylation sites (tertiary alicyclic amines) is 1. The summed E-state index contributed by atoms with van der Waals surface area (Å²) in [7, 11) is 0. The Morgan fingerprint density at radius 2 is 2.00 bits per heavy atom. The lowest BCUT2D eigenvalue weighted by Gasteiger charge is -2.24. The number of carbonyl (C=O) groups excluding carboxylic acids is 2. The number of nitrogens with one attached hydrogen (secondary N) is 1. The number of amides is 2. The van der Waals surface area contributed by atoms with E-state index in [1.165, 1.54) is 0 Å². The highest BCUT2D eigenvalue weighted by Crippen LogP contribution is 2.19. The number of hydrogen-bond donors (Lipinski definition) is 2. The van der Waals surface area contributed by atoms with Gasteiger partial charge in [-0.05, 0) is 39.0 Å². The smallest absolute Gasteiger partial charge is 0.410 e. The van der Waals surface area contributed by atoms with Gasteiger partial charge in [-0.2, -0.15) is 0 Å². The van der Waals surface area contributed by atoms with E-state index in [4.69, 9.17) is 10.5 Å². The first-order valence-electron chi connectivity index (χ1n) is 7.61. The van der Waals surface area contributed by atoms with Crippen molar-refractivity contribution >= 4 is 12.0 Å². The summed E-state index contributed by atoms with van der Waals surface area (Å²) in [5.74, 6) is 0.258. The highest BCUT2D eigenvalue weighted by Gasteiger charge is 2.30. The number of carbonyl (C=O) groups is 2. The maximum absolute atomic E-state index is 11.9. The molecule has 122 valence electrons. The van der Waals surface area contributed by atoms with E-state index < -0.39 is 11.6 Å². The van der Waals surface area contributed by atoms with Gasteiger partial charge in [-0.3, -0.25) is 4.79 Å². The predicted octanol–water partition coefficient (Wildman–Crippen LogP) is 1.34. The molecule has 0 spiro atoms. The van der Waals surface area contributed by atoms with Crippen molar-refractivity contribution in [1.29, 1.82) is 0 Å². The van der Waals surface area contributed by atoms with Crippen LogP contribution in [0.2, 0.25) is 0 Å². The van der Waals surface area contributed by atoms with Gasteiger partial charge in [0, 0.05) is 19.6 Å². The molecule has 6 heteroatoms. The van der Waals surface area contributed by atoms with Gasteiger partial charge in [0.25, 0.3) is 0 Å². The molecular formula is C15H29N3O3. The van der Waals surface area contributed by atoms with Crippen molar-refractivity contribution in [3.63, 3.8) is 0 Å². The molecule has 2 amide bonds. The Labute approximate surface area is 127 Å². The van der Waals surface area contributed by atoms with Crippen molar-refractivity contribution in [2.75, 3.05) is 19.6 Å². The first-order chi connectivity index (χ1) is 9.60. The average molecular weight is 299 g/mol. The Morgan fingerprint density at radius 3 is 2.52 bits per heavy atom. The van der Waals surface area contributed by atoms with Gasteiger partial charge in [0.15, 0.2) is 0 Å². The number of nitrogens with two attached hydrogens (primary N) is 1. The van der Waals surface area contributed by atoms with Gasteiger partial charge < -0.3 is 20.7 Å². The first-order valence-corrected chi connectivity index (χ1v) is 7.61. The highest BCUT2D eigenvalue weighted by atomic mass is 16.6. The van der Waals surface area contributed by atoms with Gasteiger partial charge >= 0.3 is 6.09 Å². The SMILES string of the molecule is CC(C)[C@H](N)C(=O)NC[C@H]1CCN(C(=O)OC(C)(C)C)C1. The molecule has 0 bridgehead atoms. The molecule has 2 atom stereocenters. The van der Waals surface area contributed by atoms with Crippen molar-refractivity contribution < 1.29 is 14.3 Å². The molecule has 1 heterocycles. The second-order valence-corrected chi connectivity index (χ2v) is 7.10. The number of ether oxygens (including phenoxy) is 1. The van der Waals surface area contributed by atoms with Crippen LogP contribution >= 0.6 is 0 Å². The summed E-state index contributed by atoms with van der Waals surface area (Å²) >= 11 is 0. The van der Waals surface area contributed by atoms with Gasteiger partial charge in [0.1, 0.15) is 5.60 Å². The number of rotatable bonds is 4. The summed E-state index contributed by atoms with van der Waals surface area (Å²) in [6, 6.07) is -0.478. The molecule has 1 aliphatic heterocycles. The zero-order chi connectivity index (χ0) is 16.2. The topological polar surface area (TPSA) is 84.7 Å². The summed E-state index contributed by atoms with van der Waals surface area (Å²) < 4.78 is 5.34. The van der Waals surface area contributed by atoms with Crippen LogP contribution in [-0.2, 0) is 9.53 Å². The van der Waals surface area contributed by atoms with Crippen LogP contribution < -0.4 is 11.1 Å². The van der Waals surface area contributed by atoms with Crippen LogP contribution in [0, 0.1) is 11.8 Å². The minimum atomic E-state index is -0.479. The third-order valence-corrected chi connectivity index (χ3v) is 3.52. The summed E-state index contributed by atoms with van der Waals surface area (Å²) in [4.78, 5) is 25.4. The molecule has 1 fully saturated rings. The molecule has 21 heavy (non-hydrogen) atoms. The first kappa shape index (κ1) is 17.8. The molecule has 0 saturated carbocycles. The monoisotopic (exact) mass is 299 g/mol. The van der Waals surface area contributed by atoms with Crippen LogP contribution in [0.1, 0.15) is 41.0 Å². The predicted molar refractivity (Wildman–Crippen MR) is 81.7 cm³/mol. The fourth-order valence-electron chi connectivity index (χ4n) is 2.16. The Balaban J connectivity index is 2.35. The number of hydrogen-bond acceptors (Lipinski definition) is 4. The van der Waals surface area contributed by atoms with E-state index in [2.05, 4.69) is 5.32 Å². The summed E-state index contributed by atoms with van der Waals surface area (Å²) in [5, 5.41) is 2.87. The molecule has 0 aromatic rings. The van der Waals surface area contributed by atoms with E-state index in [0.29, 0.717) is 19.6 Å². The van der Waals surface area contributed by atoms with Crippen molar-refractivity contribution in [2.45, 2.75) is 52.7 Å². The second kappa shape index (κ2) is 7.11. The standard InChI is InChI=1S/C15H29N3O3/c1-10(2)12(16)13(19)17-8-11-6-7-18(9-11)14(20)21-15(3,4)5/h10-12H,6-9,16H2,1-5H3,(H,17,19)/t11-,12+/m1/s1. The molecule has 1 rings (SSSR count). The maximum Gasteiger partial charge on any atom is 0.410 e. The lowest BCUT2D eigenvalue weighted by Crippen LogP contribution is -2.45. The lowest BCUT2D eigenvalue weighted by atomic mass is 10.0. The van der Waals surface area contributed by atoms with Crippen molar-refractivity contribution in [3.05, 3.63) is 0 Å². The van der Waals surface area contributed by atoms with E-state index >= 15 is 0 Å². The Kier molecular flexibility index (Phi) is 6.01. The minimum Gasteiger partial charge on any atom is -0.444 e.